The van der Waals surface area contributed by atoms with Gasteiger partial charge in [-0.25, -0.2) is 0 Å². The van der Waals surface area contributed by atoms with Gasteiger partial charge < -0.3 is 9.42 Å². The van der Waals surface area contributed by atoms with Gasteiger partial charge in [-0.1, -0.05) is 5.16 Å². The number of nitrogens with zero attached hydrogens (tertiary/aromatic N) is 3. The molecule has 0 aromatic carbocycles. The molecule has 1 unspecified atom stereocenters. The Morgan fingerprint density at radius 2 is 1.96 bits per heavy atom. The lowest BCUT2D eigenvalue weighted by atomic mass is 10.2. The predicted molar refractivity (Wildman–Crippen MR) is 95.9 cm³/mol. The minimum absolute atomic E-state index is 0.0759. The van der Waals surface area contributed by atoms with Crippen LogP contribution >= 0.6 is 11.3 Å². The van der Waals surface area contributed by atoms with Crippen molar-refractivity contribution in [3.05, 3.63) is 33.6 Å². The maximum atomic E-state index is 12.5. The van der Waals surface area contributed by atoms with Gasteiger partial charge >= 0.3 is 0 Å². The fraction of sp³-hybridized carbons (Fsp3) is 0.471. The first-order valence-corrected chi connectivity index (χ1v) is 9.09. The Labute approximate surface area is 150 Å². The standard InChI is InChI=1S/C17H22N4O3S/c1-11-10-15(24-19-11)18-16(22)13(3)20-6-8-21(9-7-20)17(23)14-5-4-12(2)25-14/h4-5,10,13H,6-9H2,1-3H3,(H,18,22). The fourth-order valence-electron chi connectivity index (χ4n) is 2.83. The van der Waals surface area contributed by atoms with Gasteiger partial charge in [-0.2, -0.15) is 0 Å². The largest absolute Gasteiger partial charge is 0.338 e. The van der Waals surface area contributed by atoms with Crippen molar-refractivity contribution in [2.24, 2.45) is 0 Å². The summed E-state index contributed by atoms with van der Waals surface area (Å²) in [6.07, 6.45) is 0. The normalized spacial score (nSPS) is 16.7. The molecule has 3 heterocycles. The highest BCUT2D eigenvalue weighted by Crippen LogP contribution is 2.19. The van der Waals surface area contributed by atoms with Crippen molar-refractivity contribution in [1.29, 1.82) is 0 Å². The third-order valence-electron chi connectivity index (χ3n) is 4.35. The third kappa shape index (κ3) is 4.08. The Hall–Kier alpha value is -2.19. The van der Waals surface area contributed by atoms with Crippen LogP contribution in [0, 0.1) is 13.8 Å². The molecule has 0 bridgehead atoms. The summed E-state index contributed by atoms with van der Waals surface area (Å²) >= 11 is 1.52. The van der Waals surface area contributed by atoms with Gasteiger partial charge in [0.2, 0.25) is 11.8 Å². The molecule has 0 spiro atoms. The number of thiophene rings is 1. The fourth-order valence-corrected chi connectivity index (χ4v) is 3.67. The van der Waals surface area contributed by atoms with E-state index >= 15 is 0 Å². The van der Waals surface area contributed by atoms with Crippen molar-refractivity contribution in [2.45, 2.75) is 26.8 Å². The third-order valence-corrected chi connectivity index (χ3v) is 5.34. The number of rotatable bonds is 4. The summed E-state index contributed by atoms with van der Waals surface area (Å²) in [5.74, 6) is 0.299. The lowest BCUT2D eigenvalue weighted by Crippen LogP contribution is -2.53. The van der Waals surface area contributed by atoms with E-state index in [1.165, 1.54) is 11.3 Å². The van der Waals surface area contributed by atoms with Crippen LogP contribution in [-0.2, 0) is 4.79 Å². The molecule has 25 heavy (non-hydrogen) atoms. The summed E-state index contributed by atoms with van der Waals surface area (Å²) < 4.78 is 5.02. The molecule has 0 radical (unpaired) electrons. The number of anilines is 1. The van der Waals surface area contributed by atoms with Crippen LogP contribution in [0.2, 0.25) is 0 Å². The lowest BCUT2D eigenvalue weighted by molar-refractivity contribution is -0.121. The molecule has 1 saturated heterocycles. The minimum atomic E-state index is -0.299. The summed E-state index contributed by atoms with van der Waals surface area (Å²) in [5.41, 5.74) is 0.721. The zero-order valence-corrected chi connectivity index (χ0v) is 15.4. The van der Waals surface area contributed by atoms with Crippen LogP contribution in [-0.4, -0.2) is 59.0 Å². The van der Waals surface area contributed by atoms with Gasteiger partial charge in [-0.3, -0.25) is 19.8 Å². The number of hydrogen-bond acceptors (Lipinski definition) is 6. The zero-order chi connectivity index (χ0) is 18.0. The molecule has 7 nitrogen and oxygen atoms in total. The van der Waals surface area contributed by atoms with E-state index < -0.39 is 0 Å². The summed E-state index contributed by atoms with van der Waals surface area (Å²) in [5, 5.41) is 6.49. The highest BCUT2D eigenvalue weighted by atomic mass is 32.1. The first kappa shape index (κ1) is 17.6. The van der Waals surface area contributed by atoms with Gasteiger partial charge in [-0.15, -0.1) is 11.3 Å². The van der Waals surface area contributed by atoms with Crippen molar-refractivity contribution in [2.75, 3.05) is 31.5 Å². The smallest absolute Gasteiger partial charge is 0.264 e. The first-order chi connectivity index (χ1) is 11.9. The minimum Gasteiger partial charge on any atom is -0.338 e. The molecule has 2 aromatic rings. The summed E-state index contributed by atoms with van der Waals surface area (Å²) in [7, 11) is 0. The molecule has 1 N–H and O–H groups in total. The molecule has 1 atom stereocenters. The maximum absolute atomic E-state index is 12.5. The first-order valence-electron chi connectivity index (χ1n) is 8.28. The number of aromatic nitrogens is 1. The van der Waals surface area contributed by atoms with Gasteiger partial charge in [0.15, 0.2) is 0 Å². The van der Waals surface area contributed by atoms with Gasteiger partial charge in [0.25, 0.3) is 5.91 Å². The van der Waals surface area contributed by atoms with Crippen molar-refractivity contribution in [3.63, 3.8) is 0 Å². The second-order valence-corrected chi connectivity index (χ2v) is 7.52. The Balaban J connectivity index is 1.52. The van der Waals surface area contributed by atoms with Crippen molar-refractivity contribution in [1.82, 2.24) is 15.0 Å². The summed E-state index contributed by atoms with van der Waals surface area (Å²) in [6.45, 7) is 8.23. The quantitative estimate of drug-likeness (QED) is 0.901. The molecule has 1 fully saturated rings. The highest BCUT2D eigenvalue weighted by Gasteiger charge is 2.28. The number of aryl methyl sites for hydroxylation is 2. The SMILES string of the molecule is Cc1cc(NC(=O)C(C)N2CCN(C(=O)c3ccc(C)s3)CC2)on1. The van der Waals surface area contributed by atoms with E-state index in [-0.39, 0.29) is 17.9 Å². The zero-order valence-electron chi connectivity index (χ0n) is 14.6. The van der Waals surface area contributed by atoms with Gasteiger partial charge in [-0.05, 0) is 32.9 Å². The van der Waals surface area contributed by atoms with Crippen molar-refractivity contribution >= 4 is 29.0 Å². The molecular formula is C17H22N4O3S. The predicted octanol–water partition coefficient (Wildman–Crippen LogP) is 2.14. The van der Waals surface area contributed by atoms with E-state index in [1.807, 2.05) is 30.9 Å². The highest BCUT2D eigenvalue weighted by molar-refractivity contribution is 7.13. The van der Waals surface area contributed by atoms with Crippen LogP contribution in [0.4, 0.5) is 5.88 Å². The molecule has 2 aromatic heterocycles. The molecule has 8 heteroatoms. The van der Waals surface area contributed by atoms with Crippen LogP contribution in [0.15, 0.2) is 22.7 Å². The Kier molecular flexibility index (Phi) is 5.19. The topological polar surface area (TPSA) is 78.7 Å². The lowest BCUT2D eigenvalue weighted by Gasteiger charge is -2.37. The molecule has 134 valence electrons. The summed E-state index contributed by atoms with van der Waals surface area (Å²) in [4.78, 5) is 30.7. The van der Waals surface area contributed by atoms with E-state index in [0.29, 0.717) is 32.1 Å². The summed E-state index contributed by atoms with van der Waals surface area (Å²) in [6, 6.07) is 5.23. The number of amides is 2. The molecular weight excluding hydrogens is 340 g/mol. The van der Waals surface area contributed by atoms with Crippen LogP contribution in [0.5, 0.6) is 0 Å². The molecule has 3 rings (SSSR count). The average Bonchev–Trinajstić information content (AvgIpc) is 3.22. The van der Waals surface area contributed by atoms with Crippen molar-refractivity contribution < 1.29 is 14.1 Å². The Bertz CT molecular complexity index is 762. The number of nitrogens with one attached hydrogen (secondary N) is 1. The molecule has 1 aliphatic heterocycles. The second kappa shape index (κ2) is 7.37. The van der Waals surface area contributed by atoms with Crippen LogP contribution < -0.4 is 5.32 Å². The van der Waals surface area contributed by atoms with E-state index in [2.05, 4.69) is 15.4 Å². The van der Waals surface area contributed by atoms with E-state index in [1.54, 1.807) is 13.0 Å². The Morgan fingerprint density at radius 1 is 1.24 bits per heavy atom. The molecule has 0 aliphatic carbocycles. The number of piperazine rings is 1. The van der Waals surface area contributed by atoms with E-state index in [9.17, 15) is 9.59 Å². The molecule has 0 saturated carbocycles. The number of carbonyl (C=O) groups is 2. The number of hydrogen-bond donors (Lipinski definition) is 1. The Morgan fingerprint density at radius 3 is 2.52 bits per heavy atom. The average molecular weight is 362 g/mol. The van der Waals surface area contributed by atoms with Crippen molar-refractivity contribution in [3.8, 4) is 0 Å². The van der Waals surface area contributed by atoms with Gasteiger partial charge in [0.05, 0.1) is 16.6 Å². The molecule has 2 amide bonds. The van der Waals surface area contributed by atoms with E-state index in [4.69, 9.17) is 4.52 Å². The van der Waals surface area contributed by atoms with Crippen LogP contribution in [0.1, 0.15) is 27.2 Å². The van der Waals surface area contributed by atoms with Gasteiger partial charge in [0, 0.05) is 37.1 Å². The molecule has 1 aliphatic rings. The maximum Gasteiger partial charge on any atom is 0.264 e. The van der Waals surface area contributed by atoms with Crippen LogP contribution in [0.3, 0.4) is 0 Å². The van der Waals surface area contributed by atoms with E-state index in [0.717, 1.165) is 15.4 Å². The van der Waals surface area contributed by atoms with Crippen LogP contribution in [0.25, 0.3) is 0 Å². The second-order valence-electron chi connectivity index (χ2n) is 6.24. The number of carbonyl (C=O) groups excluding carboxylic acids is 2. The van der Waals surface area contributed by atoms with Gasteiger partial charge in [0.1, 0.15) is 0 Å². The monoisotopic (exact) mass is 362 g/mol.